The molecule has 0 bridgehead atoms. The van der Waals surface area contributed by atoms with Crippen LogP contribution in [0.2, 0.25) is 0 Å². The first-order valence-electron chi connectivity index (χ1n) is 9.60. The van der Waals surface area contributed by atoms with Gasteiger partial charge in [0.15, 0.2) is 17.3 Å². The maximum absolute atomic E-state index is 12.3. The molecule has 30 heavy (non-hydrogen) atoms. The average Bonchev–Trinajstić information content (AvgIpc) is 3.24. The van der Waals surface area contributed by atoms with Gasteiger partial charge in [0.1, 0.15) is 0 Å². The van der Waals surface area contributed by atoms with E-state index >= 15 is 0 Å². The average molecular weight is 402 g/mol. The molecule has 0 amide bonds. The Kier molecular flexibility index (Phi) is 5.72. The lowest BCUT2D eigenvalue weighted by atomic mass is 9.86. The Labute approximate surface area is 173 Å². The summed E-state index contributed by atoms with van der Waals surface area (Å²) in [6, 6.07) is 20.4. The molecular weight excluding hydrogens is 380 g/mol. The van der Waals surface area contributed by atoms with Gasteiger partial charge in [-0.2, -0.15) is 5.10 Å². The van der Waals surface area contributed by atoms with E-state index in [-0.39, 0.29) is 17.7 Å². The summed E-state index contributed by atoms with van der Waals surface area (Å²) in [4.78, 5) is 16.6. The second kappa shape index (κ2) is 8.75. The second-order valence-corrected chi connectivity index (χ2v) is 6.92. The molecule has 4 aromatic rings. The third kappa shape index (κ3) is 3.88. The van der Waals surface area contributed by atoms with E-state index in [1.807, 2.05) is 41.0 Å². The fourth-order valence-corrected chi connectivity index (χ4v) is 3.67. The fraction of sp³-hybridized carbons (Fsp3) is 0.174. The van der Waals surface area contributed by atoms with Gasteiger partial charge >= 0.3 is 0 Å². The second-order valence-electron chi connectivity index (χ2n) is 6.92. The smallest absolute Gasteiger partial charge is 0.252 e. The number of imidazole rings is 1. The number of H-pyrrole nitrogens is 1. The Bertz CT molecular complexity index is 1120. The molecule has 1 atom stereocenters. The van der Waals surface area contributed by atoms with Gasteiger partial charge in [0, 0.05) is 25.4 Å². The molecule has 0 aliphatic rings. The van der Waals surface area contributed by atoms with Crippen molar-refractivity contribution in [3.05, 3.63) is 101 Å². The summed E-state index contributed by atoms with van der Waals surface area (Å²) in [5.74, 6) is -0.0542. The van der Waals surface area contributed by atoms with E-state index in [0.717, 1.165) is 17.3 Å². The van der Waals surface area contributed by atoms with Gasteiger partial charge in [-0.05, 0) is 11.1 Å². The standard InChI is InChI=1S/C23H22N4O3/c1-30-19(20(16-8-4-2-5-9-16)17-10-6-3-7-11-17)15-27-13-12-24-23(27)21-22(29)18(28)14-25-26-21/h2-14,19-20H,15H2,1H3,(H,25,29)(H,26,28). The number of benzene rings is 2. The van der Waals surface area contributed by atoms with Crippen LogP contribution in [0.4, 0.5) is 0 Å². The highest BCUT2D eigenvalue weighted by Crippen LogP contribution is 2.31. The number of nitrogens with one attached hydrogen (secondary N) is 1. The number of aromatic hydroxyl groups is 1. The molecule has 4 rings (SSSR count). The summed E-state index contributed by atoms with van der Waals surface area (Å²) in [6.07, 6.45) is 4.30. The lowest BCUT2D eigenvalue weighted by Crippen LogP contribution is -2.28. The van der Waals surface area contributed by atoms with Crippen LogP contribution in [0.3, 0.4) is 0 Å². The van der Waals surface area contributed by atoms with Crippen LogP contribution in [0.5, 0.6) is 5.75 Å². The van der Waals surface area contributed by atoms with E-state index in [1.54, 1.807) is 19.5 Å². The number of hydrogen-bond acceptors (Lipinski definition) is 5. The zero-order chi connectivity index (χ0) is 20.9. The van der Waals surface area contributed by atoms with Crippen molar-refractivity contribution in [1.82, 2.24) is 19.7 Å². The molecule has 2 aromatic carbocycles. The molecule has 152 valence electrons. The maximum atomic E-state index is 12.3. The molecule has 2 aromatic heterocycles. The van der Waals surface area contributed by atoms with Crippen LogP contribution in [-0.2, 0) is 11.3 Å². The predicted molar refractivity (Wildman–Crippen MR) is 113 cm³/mol. The van der Waals surface area contributed by atoms with Crippen molar-refractivity contribution < 1.29 is 9.84 Å². The van der Waals surface area contributed by atoms with E-state index in [9.17, 15) is 9.90 Å². The summed E-state index contributed by atoms with van der Waals surface area (Å²) in [5.41, 5.74) is 1.75. The number of methoxy groups -OCH3 is 1. The van der Waals surface area contributed by atoms with E-state index in [2.05, 4.69) is 39.4 Å². The van der Waals surface area contributed by atoms with E-state index < -0.39 is 11.2 Å². The Morgan fingerprint density at radius 1 is 1.07 bits per heavy atom. The number of nitrogens with zero attached hydrogens (tertiary/aromatic N) is 3. The number of hydrogen-bond donors (Lipinski definition) is 2. The zero-order valence-corrected chi connectivity index (χ0v) is 16.5. The van der Waals surface area contributed by atoms with Crippen molar-refractivity contribution in [2.45, 2.75) is 18.6 Å². The largest absolute Gasteiger partial charge is 0.503 e. The molecule has 0 aliphatic heterocycles. The van der Waals surface area contributed by atoms with E-state index in [4.69, 9.17) is 4.74 Å². The summed E-state index contributed by atoms with van der Waals surface area (Å²) in [5, 5.41) is 16.3. The van der Waals surface area contributed by atoms with Gasteiger partial charge in [0.05, 0.1) is 18.8 Å². The van der Waals surface area contributed by atoms with Crippen LogP contribution in [-0.4, -0.2) is 38.1 Å². The lowest BCUT2D eigenvalue weighted by molar-refractivity contribution is 0.0746. The van der Waals surface area contributed by atoms with Gasteiger partial charge in [0.2, 0.25) is 0 Å². The molecule has 0 fully saturated rings. The molecule has 0 saturated carbocycles. The quantitative estimate of drug-likeness (QED) is 0.495. The molecule has 0 aliphatic carbocycles. The first-order chi connectivity index (χ1) is 14.7. The van der Waals surface area contributed by atoms with Gasteiger partial charge in [-0.1, -0.05) is 60.7 Å². The summed E-state index contributed by atoms with van der Waals surface area (Å²) in [7, 11) is 1.68. The summed E-state index contributed by atoms with van der Waals surface area (Å²) >= 11 is 0. The third-order valence-corrected chi connectivity index (χ3v) is 5.12. The van der Waals surface area contributed by atoms with Crippen molar-refractivity contribution in [2.24, 2.45) is 0 Å². The molecule has 0 saturated heterocycles. The number of aromatic amines is 1. The Morgan fingerprint density at radius 2 is 1.70 bits per heavy atom. The topological polar surface area (TPSA) is 93.0 Å². The van der Waals surface area contributed by atoms with Crippen molar-refractivity contribution in [3.63, 3.8) is 0 Å². The van der Waals surface area contributed by atoms with Crippen LogP contribution < -0.4 is 5.43 Å². The Hall–Kier alpha value is -3.71. The SMILES string of the molecule is COC(Cn1ccnc1-c1n[nH]cc(O)c1=O)C(c1ccccc1)c1ccccc1. The molecular formula is C23H22N4O3. The van der Waals surface area contributed by atoms with Crippen LogP contribution in [0.15, 0.2) is 84.0 Å². The Balaban J connectivity index is 1.73. The lowest BCUT2D eigenvalue weighted by Gasteiger charge is -2.28. The normalized spacial score (nSPS) is 12.2. The highest BCUT2D eigenvalue weighted by molar-refractivity contribution is 5.51. The molecule has 2 N–H and O–H groups in total. The molecule has 7 nitrogen and oxygen atoms in total. The molecule has 2 heterocycles. The van der Waals surface area contributed by atoms with Gasteiger partial charge < -0.3 is 14.4 Å². The van der Waals surface area contributed by atoms with Crippen molar-refractivity contribution in [1.29, 1.82) is 0 Å². The summed E-state index contributed by atoms with van der Waals surface area (Å²) < 4.78 is 7.76. The molecule has 0 spiro atoms. The summed E-state index contributed by atoms with van der Waals surface area (Å²) in [6.45, 7) is 0.442. The zero-order valence-electron chi connectivity index (χ0n) is 16.5. The fourth-order valence-electron chi connectivity index (χ4n) is 3.67. The van der Waals surface area contributed by atoms with Crippen LogP contribution in [0.25, 0.3) is 11.5 Å². The highest BCUT2D eigenvalue weighted by Gasteiger charge is 2.27. The van der Waals surface area contributed by atoms with Crippen LogP contribution in [0.1, 0.15) is 17.0 Å². The number of aromatic nitrogens is 4. The first-order valence-corrected chi connectivity index (χ1v) is 9.60. The number of rotatable bonds is 7. The molecule has 1 unspecified atom stereocenters. The molecule has 0 radical (unpaired) electrons. The first kappa shape index (κ1) is 19.6. The highest BCUT2D eigenvalue weighted by atomic mass is 16.5. The van der Waals surface area contributed by atoms with Gasteiger partial charge in [-0.15, -0.1) is 0 Å². The monoisotopic (exact) mass is 402 g/mol. The van der Waals surface area contributed by atoms with Crippen molar-refractivity contribution in [2.75, 3.05) is 7.11 Å². The van der Waals surface area contributed by atoms with Crippen molar-refractivity contribution >= 4 is 0 Å². The van der Waals surface area contributed by atoms with Gasteiger partial charge in [0.25, 0.3) is 5.43 Å². The van der Waals surface area contributed by atoms with Crippen LogP contribution in [0, 0.1) is 0 Å². The molecule has 7 heteroatoms. The Morgan fingerprint density at radius 3 is 2.30 bits per heavy atom. The van der Waals surface area contributed by atoms with Gasteiger partial charge in [-0.3, -0.25) is 9.89 Å². The van der Waals surface area contributed by atoms with E-state index in [0.29, 0.717) is 12.4 Å². The predicted octanol–water partition coefficient (Wildman–Crippen LogP) is 3.19. The van der Waals surface area contributed by atoms with Crippen molar-refractivity contribution in [3.8, 4) is 17.3 Å². The third-order valence-electron chi connectivity index (χ3n) is 5.12. The maximum Gasteiger partial charge on any atom is 0.252 e. The number of ether oxygens (including phenoxy) is 1. The van der Waals surface area contributed by atoms with E-state index in [1.165, 1.54) is 0 Å². The minimum Gasteiger partial charge on any atom is -0.503 e. The minimum absolute atomic E-state index is 0.0249. The van der Waals surface area contributed by atoms with Gasteiger partial charge in [-0.25, -0.2) is 4.98 Å². The van der Waals surface area contributed by atoms with Crippen LogP contribution >= 0.6 is 0 Å². The minimum atomic E-state index is -0.571.